The summed E-state index contributed by atoms with van der Waals surface area (Å²) >= 11 is 6.12. The summed E-state index contributed by atoms with van der Waals surface area (Å²) in [7, 11) is 0. The van der Waals surface area contributed by atoms with Crippen molar-refractivity contribution in [3.8, 4) is 0 Å². The Bertz CT molecular complexity index is 739. The molecule has 3 nitrogen and oxygen atoms in total. The predicted octanol–water partition coefficient (Wildman–Crippen LogP) is 3.85. The van der Waals surface area contributed by atoms with Crippen LogP contribution in [0.25, 0.3) is 23.2 Å². The molecular formula is C15H10ClN3. The van der Waals surface area contributed by atoms with Crippen LogP contribution in [0.15, 0.2) is 48.7 Å². The van der Waals surface area contributed by atoms with Crippen LogP contribution >= 0.6 is 11.6 Å². The molecule has 0 saturated carbocycles. The Kier molecular flexibility index (Phi) is 3.21. The Hall–Kier alpha value is -2.26. The number of nitrogens with zero attached hydrogens (tertiary/aromatic N) is 3. The molecule has 2 aromatic heterocycles. The Morgan fingerprint density at radius 1 is 0.842 bits per heavy atom. The molecule has 0 atom stereocenters. The van der Waals surface area contributed by atoms with Gasteiger partial charge in [0, 0.05) is 6.20 Å². The van der Waals surface area contributed by atoms with Gasteiger partial charge < -0.3 is 0 Å². The van der Waals surface area contributed by atoms with E-state index in [9.17, 15) is 0 Å². The summed E-state index contributed by atoms with van der Waals surface area (Å²) in [6.07, 6.45) is 5.43. The molecule has 0 radical (unpaired) electrons. The van der Waals surface area contributed by atoms with E-state index in [1.54, 1.807) is 6.20 Å². The number of aromatic nitrogens is 3. The average Bonchev–Trinajstić information content (AvgIpc) is 2.46. The van der Waals surface area contributed by atoms with Gasteiger partial charge in [0.05, 0.1) is 16.7 Å². The van der Waals surface area contributed by atoms with Crippen LogP contribution in [0.5, 0.6) is 0 Å². The Morgan fingerprint density at radius 3 is 2.32 bits per heavy atom. The summed E-state index contributed by atoms with van der Waals surface area (Å²) in [5.41, 5.74) is 3.12. The monoisotopic (exact) mass is 267 g/mol. The van der Waals surface area contributed by atoms with Gasteiger partial charge >= 0.3 is 0 Å². The molecule has 4 heteroatoms. The molecule has 1 aromatic carbocycles. The first-order chi connectivity index (χ1) is 9.33. The lowest BCUT2D eigenvalue weighted by atomic mass is 10.2. The predicted molar refractivity (Wildman–Crippen MR) is 77.7 cm³/mol. The molecule has 3 aromatic rings. The van der Waals surface area contributed by atoms with Gasteiger partial charge in [0.15, 0.2) is 5.15 Å². The summed E-state index contributed by atoms with van der Waals surface area (Å²) in [6, 6.07) is 13.4. The molecule has 0 aliphatic rings. The summed E-state index contributed by atoms with van der Waals surface area (Å²) in [5, 5.41) is 0.394. The van der Waals surface area contributed by atoms with Crippen molar-refractivity contribution >= 4 is 34.8 Å². The van der Waals surface area contributed by atoms with Gasteiger partial charge in [0.1, 0.15) is 5.69 Å². The fourth-order valence-electron chi connectivity index (χ4n) is 1.74. The highest BCUT2D eigenvalue weighted by molar-refractivity contribution is 6.31. The van der Waals surface area contributed by atoms with E-state index in [-0.39, 0.29) is 0 Å². The average molecular weight is 268 g/mol. The molecular weight excluding hydrogens is 258 g/mol. The SMILES string of the molecule is Clc1nc2ccccc2nc1/C=C/c1ccccn1. The van der Waals surface area contributed by atoms with Crippen molar-refractivity contribution in [3.05, 3.63) is 65.2 Å². The van der Waals surface area contributed by atoms with Gasteiger partial charge in [-0.25, -0.2) is 9.97 Å². The van der Waals surface area contributed by atoms with Gasteiger partial charge in [-0.1, -0.05) is 29.8 Å². The minimum absolute atomic E-state index is 0.394. The Morgan fingerprint density at radius 2 is 1.58 bits per heavy atom. The number of hydrogen-bond donors (Lipinski definition) is 0. The molecule has 0 unspecified atom stereocenters. The lowest BCUT2D eigenvalue weighted by Crippen LogP contribution is -1.89. The molecule has 0 bridgehead atoms. The Balaban J connectivity index is 2.01. The van der Waals surface area contributed by atoms with Crippen molar-refractivity contribution in [3.63, 3.8) is 0 Å². The number of halogens is 1. The molecule has 0 aliphatic heterocycles. The maximum absolute atomic E-state index is 6.12. The molecule has 0 fully saturated rings. The smallest absolute Gasteiger partial charge is 0.155 e. The fraction of sp³-hybridized carbons (Fsp3) is 0. The summed E-state index contributed by atoms with van der Waals surface area (Å²) in [4.78, 5) is 13.0. The maximum Gasteiger partial charge on any atom is 0.155 e. The van der Waals surface area contributed by atoms with E-state index in [1.807, 2.05) is 54.6 Å². The van der Waals surface area contributed by atoms with Crippen LogP contribution in [0.4, 0.5) is 0 Å². The van der Waals surface area contributed by atoms with Crippen LogP contribution < -0.4 is 0 Å². The first kappa shape index (κ1) is 11.8. The largest absolute Gasteiger partial charge is 0.257 e. The highest BCUT2D eigenvalue weighted by Crippen LogP contribution is 2.18. The minimum atomic E-state index is 0.394. The zero-order valence-corrected chi connectivity index (χ0v) is 10.7. The second kappa shape index (κ2) is 5.16. The molecule has 2 heterocycles. The molecule has 19 heavy (non-hydrogen) atoms. The highest BCUT2D eigenvalue weighted by atomic mass is 35.5. The maximum atomic E-state index is 6.12. The molecule has 0 amide bonds. The third-order valence-corrected chi connectivity index (χ3v) is 2.93. The van der Waals surface area contributed by atoms with Crippen LogP contribution in [-0.4, -0.2) is 15.0 Å². The van der Waals surface area contributed by atoms with Crippen molar-refractivity contribution in [2.24, 2.45) is 0 Å². The topological polar surface area (TPSA) is 38.7 Å². The van der Waals surface area contributed by atoms with E-state index in [1.165, 1.54) is 0 Å². The van der Waals surface area contributed by atoms with Gasteiger partial charge in [-0.3, -0.25) is 4.98 Å². The van der Waals surface area contributed by atoms with Crippen LogP contribution in [0.2, 0.25) is 5.15 Å². The van der Waals surface area contributed by atoms with Gasteiger partial charge in [-0.15, -0.1) is 0 Å². The second-order valence-electron chi connectivity index (χ2n) is 3.98. The van der Waals surface area contributed by atoms with Crippen LogP contribution in [0.3, 0.4) is 0 Å². The third-order valence-electron chi connectivity index (χ3n) is 2.65. The van der Waals surface area contributed by atoms with Crippen molar-refractivity contribution in [2.45, 2.75) is 0 Å². The van der Waals surface area contributed by atoms with Crippen LogP contribution in [0.1, 0.15) is 11.4 Å². The molecule has 92 valence electrons. The molecule has 0 saturated heterocycles. The zero-order chi connectivity index (χ0) is 13.1. The first-order valence-electron chi connectivity index (χ1n) is 5.84. The summed E-state index contributed by atoms with van der Waals surface area (Å²) < 4.78 is 0. The lowest BCUT2D eigenvalue weighted by molar-refractivity contribution is 1.26. The summed E-state index contributed by atoms with van der Waals surface area (Å²) in [5.74, 6) is 0. The van der Waals surface area contributed by atoms with Gasteiger partial charge in [0.25, 0.3) is 0 Å². The standard InChI is InChI=1S/C15H10ClN3/c16-15-14(9-8-11-5-3-4-10-17-11)18-12-6-1-2-7-13(12)19-15/h1-10H/b9-8+. The molecule has 0 N–H and O–H groups in total. The van der Waals surface area contributed by atoms with E-state index in [0.29, 0.717) is 10.8 Å². The van der Waals surface area contributed by atoms with E-state index in [4.69, 9.17) is 11.6 Å². The van der Waals surface area contributed by atoms with Crippen LogP contribution in [0, 0.1) is 0 Å². The third kappa shape index (κ3) is 2.61. The van der Waals surface area contributed by atoms with Crippen molar-refractivity contribution < 1.29 is 0 Å². The first-order valence-corrected chi connectivity index (χ1v) is 6.22. The highest BCUT2D eigenvalue weighted by Gasteiger charge is 2.03. The zero-order valence-electron chi connectivity index (χ0n) is 9.99. The van der Waals surface area contributed by atoms with Crippen LogP contribution in [-0.2, 0) is 0 Å². The Labute approximate surface area is 115 Å². The van der Waals surface area contributed by atoms with E-state index in [2.05, 4.69) is 15.0 Å². The number of rotatable bonds is 2. The van der Waals surface area contributed by atoms with E-state index >= 15 is 0 Å². The van der Waals surface area contributed by atoms with Crippen molar-refractivity contribution in [2.75, 3.05) is 0 Å². The number of para-hydroxylation sites is 2. The normalized spacial score (nSPS) is 11.2. The number of fused-ring (bicyclic) bond motifs is 1. The second-order valence-corrected chi connectivity index (χ2v) is 4.33. The lowest BCUT2D eigenvalue weighted by Gasteiger charge is -2.00. The van der Waals surface area contributed by atoms with E-state index in [0.717, 1.165) is 16.7 Å². The number of benzene rings is 1. The quantitative estimate of drug-likeness (QED) is 0.708. The molecule has 3 rings (SSSR count). The fourth-order valence-corrected chi connectivity index (χ4v) is 1.93. The molecule has 0 spiro atoms. The van der Waals surface area contributed by atoms with Gasteiger partial charge in [-0.05, 0) is 36.4 Å². The summed E-state index contributed by atoms with van der Waals surface area (Å²) in [6.45, 7) is 0. The van der Waals surface area contributed by atoms with Crippen molar-refractivity contribution in [1.29, 1.82) is 0 Å². The molecule has 0 aliphatic carbocycles. The van der Waals surface area contributed by atoms with Crippen molar-refractivity contribution in [1.82, 2.24) is 15.0 Å². The minimum Gasteiger partial charge on any atom is -0.257 e. The van der Waals surface area contributed by atoms with E-state index < -0.39 is 0 Å². The number of pyridine rings is 1. The van der Waals surface area contributed by atoms with Gasteiger partial charge in [-0.2, -0.15) is 0 Å². The number of hydrogen-bond acceptors (Lipinski definition) is 3. The van der Waals surface area contributed by atoms with Gasteiger partial charge in [0.2, 0.25) is 0 Å².